The summed E-state index contributed by atoms with van der Waals surface area (Å²) in [4.78, 5) is 0. The van der Waals surface area contributed by atoms with Crippen molar-refractivity contribution in [2.75, 3.05) is 7.05 Å². The molecule has 6 heteroatoms. The summed E-state index contributed by atoms with van der Waals surface area (Å²) >= 11 is 12.3. The highest BCUT2D eigenvalue weighted by Gasteiger charge is 2.14. The van der Waals surface area contributed by atoms with Gasteiger partial charge in [0.25, 0.3) is 0 Å². The SMILES string of the molecule is CCc1nn(C)c(COc2ccc(Cl)cc2CNC)c1Cl. The molecule has 4 nitrogen and oxygen atoms in total. The molecule has 0 aliphatic carbocycles. The minimum Gasteiger partial charge on any atom is -0.487 e. The molecule has 2 rings (SSSR count). The normalized spacial score (nSPS) is 10.9. The van der Waals surface area contributed by atoms with Gasteiger partial charge in [0.15, 0.2) is 0 Å². The smallest absolute Gasteiger partial charge is 0.131 e. The van der Waals surface area contributed by atoms with E-state index in [-0.39, 0.29) is 0 Å². The maximum absolute atomic E-state index is 6.33. The van der Waals surface area contributed by atoms with Crippen LogP contribution in [0.3, 0.4) is 0 Å². The highest BCUT2D eigenvalue weighted by molar-refractivity contribution is 6.32. The lowest BCUT2D eigenvalue weighted by molar-refractivity contribution is 0.291. The van der Waals surface area contributed by atoms with Gasteiger partial charge in [0.2, 0.25) is 0 Å². The maximum atomic E-state index is 6.33. The number of aryl methyl sites for hydroxylation is 2. The fourth-order valence-corrected chi connectivity index (χ4v) is 2.68. The van der Waals surface area contributed by atoms with Gasteiger partial charge in [-0.2, -0.15) is 5.10 Å². The zero-order valence-electron chi connectivity index (χ0n) is 12.4. The van der Waals surface area contributed by atoms with Gasteiger partial charge in [-0.1, -0.05) is 30.1 Å². The van der Waals surface area contributed by atoms with E-state index in [1.165, 1.54) is 0 Å². The largest absolute Gasteiger partial charge is 0.487 e. The lowest BCUT2D eigenvalue weighted by atomic mass is 10.2. The molecule has 1 aromatic heterocycles. The van der Waals surface area contributed by atoms with Crippen molar-refractivity contribution >= 4 is 23.2 Å². The lowest BCUT2D eigenvalue weighted by Gasteiger charge is -2.12. The molecule has 0 aliphatic rings. The third kappa shape index (κ3) is 3.70. The molecule has 0 bridgehead atoms. The van der Waals surface area contributed by atoms with Gasteiger partial charge in [0.05, 0.1) is 16.4 Å². The van der Waals surface area contributed by atoms with Crippen molar-refractivity contribution in [1.82, 2.24) is 15.1 Å². The molecule has 1 aromatic carbocycles. The summed E-state index contributed by atoms with van der Waals surface area (Å²) in [6.07, 6.45) is 0.804. The average Bonchev–Trinajstić information content (AvgIpc) is 2.73. The Hall–Kier alpha value is -1.23. The fraction of sp³-hybridized carbons (Fsp3) is 0.400. The van der Waals surface area contributed by atoms with E-state index in [4.69, 9.17) is 27.9 Å². The van der Waals surface area contributed by atoms with Gasteiger partial charge in [-0.25, -0.2) is 0 Å². The van der Waals surface area contributed by atoms with E-state index >= 15 is 0 Å². The number of rotatable bonds is 6. The molecule has 0 aliphatic heterocycles. The molecule has 21 heavy (non-hydrogen) atoms. The van der Waals surface area contributed by atoms with Crippen molar-refractivity contribution < 1.29 is 4.74 Å². The Morgan fingerprint density at radius 3 is 2.71 bits per heavy atom. The molecule has 1 heterocycles. The molecule has 0 radical (unpaired) electrons. The highest BCUT2D eigenvalue weighted by Crippen LogP contribution is 2.26. The first kappa shape index (κ1) is 16.1. The van der Waals surface area contributed by atoms with E-state index in [0.29, 0.717) is 23.2 Å². The summed E-state index contributed by atoms with van der Waals surface area (Å²) < 4.78 is 7.68. The Morgan fingerprint density at radius 2 is 2.10 bits per heavy atom. The van der Waals surface area contributed by atoms with Gasteiger partial charge in [-0.3, -0.25) is 4.68 Å². The van der Waals surface area contributed by atoms with E-state index in [1.54, 1.807) is 4.68 Å². The quantitative estimate of drug-likeness (QED) is 0.881. The van der Waals surface area contributed by atoms with Crippen LogP contribution < -0.4 is 10.1 Å². The molecule has 0 atom stereocenters. The second-order valence-corrected chi connectivity index (χ2v) is 5.57. The summed E-state index contributed by atoms with van der Waals surface area (Å²) in [6.45, 7) is 3.10. The molecule has 114 valence electrons. The van der Waals surface area contributed by atoms with E-state index in [1.807, 2.05) is 39.2 Å². The van der Waals surface area contributed by atoms with Crippen LogP contribution >= 0.6 is 23.2 Å². The number of nitrogens with zero attached hydrogens (tertiary/aromatic N) is 2. The van der Waals surface area contributed by atoms with Crippen molar-refractivity contribution in [3.63, 3.8) is 0 Å². The van der Waals surface area contributed by atoms with Crippen LogP contribution in [-0.2, 0) is 26.6 Å². The Morgan fingerprint density at radius 1 is 1.33 bits per heavy atom. The molecule has 1 N–H and O–H groups in total. The van der Waals surface area contributed by atoms with Crippen LogP contribution in [0.25, 0.3) is 0 Å². The van der Waals surface area contributed by atoms with Gasteiger partial charge in [0.1, 0.15) is 12.4 Å². The number of halogens is 2. The maximum Gasteiger partial charge on any atom is 0.131 e. The molecular weight excluding hydrogens is 309 g/mol. The zero-order valence-corrected chi connectivity index (χ0v) is 13.9. The molecule has 0 spiro atoms. The molecular formula is C15H19Cl2N3O. The van der Waals surface area contributed by atoms with E-state index in [2.05, 4.69) is 10.4 Å². The van der Waals surface area contributed by atoms with E-state index in [9.17, 15) is 0 Å². The summed E-state index contributed by atoms with van der Waals surface area (Å²) in [6, 6.07) is 5.59. The Balaban J connectivity index is 2.18. The van der Waals surface area contributed by atoms with Crippen LogP contribution in [0.15, 0.2) is 18.2 Å². The average molecular weight is 328 g/mol. The van der Waals surface area contributed by atoms with Crippen molar-refractivity contribution in [2.24, 2.45) is 7.05 Å². The summed E-state index contributed by atoms with van der Waals surface area (Å²) in [5.41, 5.74) is 2.78. The predicted octanol–water partition coefficient (Wildman–Crippen LogP) is 3.59. The third-order valence-electron chi connectivity index (χ3n) is 3.26. The zero-order chi connectivity index (χ0) is 15.4. The van der Waals surface area contributed by atoms with Crippen LogP contribution in [0.4, 0.5) is 0 Å². The monoisotopic (exact) mass is 327 g/mol. The van der Waals surface area contributed by atoms with Crippen molar-refractivity contribution in [3.05, 3.63) is 45.2 Å². The van der Waals surface area contributed by atoms with E-state index in [0.717, 1.165) is 29.1 Å². The summed E-state index contributed by atoms with van der Waals surface area (Å²) in [5.74, 6) is 0.795. The Kier molecular flexibility index (Phi) is 5.51. The first-order valence-electron chi connectivity index (χ1n) is 6.82. The van der Waals surface area contributed by atoms with Gasteiger partial charge >= 0.3 is 0 Å². The minimum atomic E-state index is 0.376. The van der Waals surface area contributed by atoms with Crippen molar-refractivity contribution in [3.8, 4) is 5.75 Å². The molecule has 2 aromatic rings. The summed E-state index contributed by atoms with van der Waals surface area (Å²) in [5, 5.41) is 8.87. The van der Waals surface area contributed by atoms with Crippen LogP contribution in [0.2, 0.25) is 10.0 Å². The van der Waals surface area contributed by atoms with Crippen LogP contribution in [-0.4, -0.2) is 16.8 Å². The third-order valence-corrected chi connectivity index (χ3v) is 3.93. The fourth-order valence-electron chi connectivity index (χ4n) is 2.14. The molecule has 0 saturated heterocycles. The second-order valence-electron chi connectivity index (χ2n) is 4.76. The number of hydrogen-bond donors (Lipinski definition) is 1. The van der Waals surface area contributed by atoms with Gasteiger partial charge in [0, 0.05) is 24.2 Å². The highest BCUT2D eigenvalue weighted by atomic mass is 35.5. The van der Waals surface area contributed by atoms with Gasteiger partial charge < -0.3 is 10.1 Å². The van der Waals surface area contributed by atoms with Crippen LogP contribution in [0.5, 0.6) is 5.75 Å². The number of ether oxygens (including phenoxy) is 1. The number of benzene rings is 1. The van der Waals surface area contributed by atoms with Crippen molar-refractivity contribution in [1.29, 1.82) is 0 Å². The van der Waals surface area contributed by atoms with Crippen LogP contribution in [0, 0.1) is 0 Å². The molecule has 0 unspecified atom stereocenters. The van der Waals surface area contributed by atoms with Gasteiger partial charge in [-0.15, -0.1) is 0 Å². The number of nitrogens with one attached hydrogen (secondary N) is 1. The first-order valence-corrected chi connectivity index (χ1v) is 7.58. The van der Waals surface area contributed by atoms with Crippen molar-refractivity contribution in [2.45, 2.75) is 26.5 Å². The summed E-state index contributed by atoms with van der Waals surface area (Å²) in [7, 11) is 3.76. The number of hydrogen-bond acceptors (Lipinski definition) is 3. The predicted molar refractivity (Wildman–Crippen MR) is 86.1 cm³/mol. The standard InChI is InChI=1S/C15H19Cl2N3O/c1-4-12-15(17)13(20(3)19-12)9-21-14-6-5-11(16)7-10(14)8-18-2/h5-7,18H,4,8-9H2,1-3H3. The van der Waals surface area contributed by atoms with E-state index < -0.39 is 0 Å². The molecule has 0 saturated carbocycles. The molecule has 0 amide bonds. The topological polar surface area (TPSA) is 39.1 Å². The van der Waals surface area contributed by atoms with Crippen LogP contribution in [0.1, 0.15) is 23.9 Å². The Labute approximate surface area is 135 Å². The van der Waals surface area contributed by atoms with Gasteiger partial charge in [-0.05, 0) is 31.7 Å². The second kappa shape index (κ2) is 7.16. The molecule has 0 fully saturated rings. The lowest BCUT2D eigenvalue weighted by Crippen LogP contribution is -2.09. The number of aromatic nitrogens is 2. The minimum absolute atomic E-state index is 0.376. The Bertz CT molecular complexity index is 626. The first-order chi connectivity index (χ1) is 10.1.